The molecule has 1 amide bonds. The summed E-state index contributed by atoms with van der Waals surface area (Å²) in [6, 6.07) is 5.16. The van der Waals surface area contributed by atoms with E-state index in [1.807, 2.05) is 0 Å². The summed E-state index contributed by atoms with van der Waals surface area (Å²) in [5.74, 6) is -0.000821. The van der Waals surface area contributed by atoms with Crippen LogP contribution in [0.15, 0.2) is 36.7 Å². The van der Waals surface area contributed by atoms with Crippen molar-refractivity contribution < 1.29 is 14.5 Å². The van der Waals surface area contributed by atoms with Gasteiger partial charge in [0, 0.05) is 24.5 Å². The highest BCUT2D eigenvalue weighted by molar-refractivity contribution is 5.95. The molecule has 1 unspecified atom stereocenters. The van der Waals surface area contributed by atoms with Gasteiger partial charge in [-0.25, -0.2) is 0 Å². The zero-order valence-electron chi connectivity index (χ0n) is 11.5. The fourth-order valence-electron chi connectivity index (χ4n) is 1.77. The van der Waals surface area contributed by atoms with Gasteiger partial charge in [0.1, 0.15) is 11.8 Å². The lowest BCUT2D eigenvalue weighted by Gasteiger charge is -2.14. The SMILES string of the molecule is COc1ccc([N+](=O)[O-])cc1NC(=O)C(C)n1cccn1. The molecule has 2 aromatic rings. The normalized spacial score (nSPS) is 11.7. The molecule has 1 N–H and O–H groups in total. The van der Waals surface area contributed by atoms with Crippen molar-refractivity contribution in [3.8, 4) is 5.75 Å². The van der Waals surface area contributed by atoms with E-state index in [2.05, 4.69) is 10.4 Å². The second kappa shape index (κ2) is 6.04. The Hall–Kier alpha value is -2.90. The van der Waals surface area contributed by atoms with Gasteiger partial charge in [-0.15, -0.1) is 0 Å². The van der Waals surface area contributed by atoms with Crippen molar-refractivity contribution in [1.82, 2.24) is 9.78 Å². The van der Waals surface area contributed by atoms with Crippen LogP contribution in [0.4, 0.5) is 11.4 Å². The Labute approximate surface area is 120 Å². The molecule has 0 aliphatic rings. The second-order valence-electron chi connectivity index (χ2n) is 4.29. The minimum absolute atomic E-state index is 0.127. The van der Waals surface area contributed by atoms with Gasteiger partial charge in [-0.2, -0.15) is 5.10 Å². The number of carbonyl (C=O) groups is 1. The van der Waals surface area contributed by atoms with Gasteiger partial charge in [-0.3, -0.25) is 19.6 Å². The predicted molar refractivity (Wildman–Crippen MR) is 75.2 cm³/mol. The monoisotopic (exact) mass is 290 g/mol. The maximum Gasteiger partial charge on any atom is 0.271 e. The van der Waals surface area contributed by atoms with Crippen LogP contribution in [0.3, 0.4) is 0 Å². The fourth-order valence-corrected chi connectivity index (χ4v) is 1.77. The Morgan fingerprint density at radius 1 is 1.52 bits per heavy atom. The smallest absolute Gasteiger partial charge is 0.271 e. The highest BCUT2D eigenvalue weighted by atomic mass is 16.6. The molecule has 1 aromatic carbocycles. The number of ether oxygens (including phenoxy) is 1. The summed E-state index contributed by atoms with van der Waals surface area (Å²) in [6.45, 7) is 1.67. The first-order chi connectivity index (χ1) is 10.0. The van der Waals surface area contributed by atoms with Crippen molar-refractivity contribution in [3.63, 3.8) is 0 Å². The molecule has 110 valence electrons. The summed E-state index contributed by atoms with van der Waals surface area (Å²) < 4.78 is 6.58. The third kappa shape index (κ3) is 3.16. The highest BCUT2D eigenvalue weighted by Crippen LogP contribution is 2.29. The molecule has 2 rings (SSSR count). The number of hydrogen-bond donors (Lipinski definition) is 1. The Bertz CT molecular complexity index is 654. The number of benzene rings is 1. The number of rotatable bonds is 5. The Morgan fingerprint density at radius 2 is 2.29 bits per heavy atom. The van der Waals surface area contributed by atoms with Crippen molar-refractivity contribution in [3.05, 3.63) is 46.8 Å². The van der Waals surface area contributed by atoms with Gasteiger partial charge in [0.15, 0.2) is 0 Å². The van der Waals surface area contributed by atoms with Crippen LogP contribution < -0.4 is 10.1 Å². The quantitative estimate of drug-likeness (QED) is 0.670. The minimum Gasteiger partial charge on any atom is -0.495 e. The average Bonchev–Trinajstić information content (AvgIpc) is 3.00. The van der Waals surface area contributed by atoms with Gasteiger partial charge in [0.05, 0.1) is 17.7 Å². The number of amides is 1. The standard InChI is InChI=1S/C13H14N4O4/c1-9(16-7-3-6-14-16)13(18)15-11-8-10(17(19)20)4-5-12(11)21-2/h3-9H,1-2H3,(H,15,18). The number of nitrogens with zero attached hydrogens (tertiary/aromatic N) is 3. The van der Waals surface area contributed by atoms with E-state index in [0.717, 1.165) is 0 Å². The number of nitrogens with one attached hydrogen (secondary N) is 1. The third-order valence-corrected chi connectivity index (χ3v) is 2.95. The summed E-state index contributed by atoms with van der Waals surface area (Å²) in [6.07, 6.45) is 3.23. The van der Waals surface area contributed by atoms with E-state index in [1.165, 1.54) is 30.0 Å². The molecule has 0 aliphatic heterocycles. The minimum atomic E-state index is -0.552. The van der Waals surface area contributed by atoms with Crippen LogP contribution in [0.25, 0.3) is 0 Å². The molecule has 0 spiro atoms. The second-order valence-corrected chi connectivity index (χ2v) is 4.29. The van der Waals surface area contributed by atoms with Crippen molar-refractivity contribution >= 4 is 17.3 Å². The van der Waals surface area contributed by atoms with Crippen molar-refractivity contribution in [1.29, 1.82) is 0 Å². The molecular formula is C13H14N4O4. The van der Waals surface area contributed by atoms with E-state index >= 15 is 0 Å². The van der Waals surface area contributed by atoms with Gasteiger partial charge in [0.2, 0.25) is 5.91 Å². The van der Waals surface area contributed by atoms with E-state index in [1.54, 1.807) is 25.4 Å². The zero-order valence-corrected chi connectivity index (χ0v) is 11.5. The number of methoxy groups -OCH3 is 1. The van der Waals surface area contributed by atoms with Crippen LogP contribution in [0.1, 0.15) is 13.0 Å². The molecule has 0 bridgehead atoms. The molecular weight excluding hydrogens is 276 g/mol. The van der Waals surface area contributed by atoms with Gasteiger partial charge < -0.3 is 10.1 Å². The molecule has 0 saturated carbocycles. The Balaban J connectivity index is 2.23. The average molecular weight is 290 g/mol. The fraction of sp³-hybridized carbons (Fsp3) is 0.231. The summed E-state index contributed by atoms with van der Waals surface area (Å²) in [4.78, 5) is 22.4. The number of carbonyl (C=O) groups excluding carboxylic acids is 1. The largest absolute Gasteiger partial charge is 0.495 e. The molecule has 1 heterocycles. The van der Waals surface area contributed by atoms with Crippen LogP contribution >= 0.6 is 0 Å². The predicted octanol–water partition coefficient (Wildman–Crippen LogP) is 2.00. The maximum atomic E-state index is 12.2. The summed E-state index contributed by atoms with van der Waals surface area (Å²) in [5.41, 5.74) is 0.119. The first-order valence-corrected chi connectivity index (χ1v) is 6.15. The lowest BCUT2D eigenvalue weighted by molar-refractivity contribution is -0.384. The van der Waals surface area contributed by atoms with E-state index in [4.69, 9.17) is 4.74 Å². The lowest BCUT2D eigenvalue weighted by atomic mass is 10.2. The molecule has 8 heteroatoms. The summed E-state index contributed by atoms with van der Waals surface area (Å²) in [7, 11) is 1.42. The van der Waals surface area contributed by atoms with E-state index < -0.39 is 11.0 Å². The molecule has 0 fully saturated rings. The molecule has 1 aromatic heterocycles. The maximum absolute atomic E-state index is 12.2. The summed E-state index contributed by atoms with van der Waals surface area (Å²) >= 11 is 0. The zero-order chi connectivity index (χ0) is 15.4. The highest BCUT2D eigenvalue weighted by Gasteiger charge is 2.18. The van der Waals surface area contributed by atoms with Gasteiger partial charge in [0.25, 0.3) is 5.69 Å². The lowest BCUT2D eigenvalue weighted by Crippen LogP contribution is -2.24. The van der Waals surface area contributed by atoms with Crippen molar-refractivity contribution in [2.24, 2.45) is 0 Å². The summed E-state index contributed by atoms with van der Waals surface area (Å²) in [5, 5.41) is 17.4. The molecule has 0 aliphatic carbocycles. The Morgan fingerprint density at radius 3 is 2.86 bits per heavy atom. The van der Waals surface area contributed by atoms with E-state index in [-0.39, 0.29) is 17.3 Å². The van der Waals surface area contributed by atoms with Crippen LogP contribution in [0.2, 0.25) is 0 Å². The first-order valence-electron chi connectivity index (χ1n) is 6.15. The number of hydrogen-bond acceptors (Lipinski definition) is 5. The van der Waals surface area contributed by atoms with E-state index in [9.17, 15) is 14.9 Å². The molecule has 8 nitrogen and oxygen atoms in total. The van der Waals surface area contributed by atoms with Crippen molar-refractivity contribution in [2.75, 3.05) is 12.4 Å². The van der Waals surface area contributed by atoms with Crippen LogP contribution in [0.5, 0.6) is 5.75 Å². The molecule has 0 radical (unpaired) electrons. The number of anilines is 1. The van der Waals surface area contributed by atoms with Crippen molar-refractivity contribution in [2.45, 2.75) is 13.0 Å². The van der Waals surface area contributed by atoms with Gasteiger partial charge in [-0.05, 0) is 19.1 Å². The topological polar surface area (TPSA) is 99.3 Å². The molecule has 21 heavy (non-hydrogen) atoms. The Kier molecular flexibility index (Phi) is 4.17. The third-order valence-electron chi connectivity index (χ3n) is 2.95. The van der Waals surface area contributed by atoms with Gasteiger partial charge in [-0.1, -0.05) is 0 Å². The number of nitro benzene ring substituents is 1. The number of aromatic nitrogens is 2. The van der Waals surface area contributed by atoms with Gasteiger partial charge >= 0.3 is 0 Å². The van der Waals surface area contributed by atoms with E-state index in [0.29, 0.717) is 5.75 Å². The van der Waals surface area contributed by atoms with Crippen LogP contribution in [0, 0.1) is 10.1 Å². The molecule has 0 saturated heterocycles. The van der Waals surface area contributed by atoms with Crippen LogP contribution in [-0.4, -0.2) is 27.7 Å². The molecule has 1 atom stereocenters. The number of non-ortho nitro benzene ring substituents is 1. The number of nitro groups is 1. The first kappa shape index (κ1) is 14.5. The van der Waals surface area contributed by atoms with Crippen LogP contribution in [-0.2, 0) is 4.79 Å².